The molecule has 0 aromatic carbocycles. The normalized spacial score (nSPS) is 48.4. The van der Waals surface area contributed by atoms with E-state index in [0.29, 0.717) is 37.2 Å². The van der Waals surface area contributed by atoms with Crippen molar-refractivity contribution in [2.75, 3.05) is 13.3 Å². The van der Waals surface area contributed by atoms with E-state index >= 15 is 0 Å². The Morgan fingerprint density at radius 1 is 0.939 bits per heavy atom. The minimum Gasteiger partial charge on any atom is -0.361 e. The van der Waals surface area contributed by atoms with Gasteiger partial charge in [0.25, 0.3) is 0 Å². The number of ether oxygens (including phenoxy) is 1. The van der Waals surface area contributed by atoms with Crippen LogP contribution in [-0.2, 0) is 14.8 Å². The fourth-order valence-electron chi connectivity index (χ4n) is 7.04. The maximum atomic E-state index is 11.6. The lowest BCUT2D eigenvalue weighted by atomic mass is 9.72. The van der Waals surface area contributed by atoms with Crippen LogP contribution in [0, 0.1) is 17.8 Å². The van der Waals surface area contributed by atoms with Gasteiger partial charge in [0.1, 0.15) is 12.5 Å². The number of primary sulfonamides is 1. The van der Waals surface area contributed by atoms with E-state index in [0.717, 1.165) is 38.8 Å². The lowest BCUT2D eigenvalue weighted by Crippen LogP contribution is -2.73. The van der Waals surface area contributed by atoms with Crippen LogP contribution in [0.3, 0.4) is 0 Å². The van der Waals surface area contributed by atoms with Crippen molar-refractivity contribution in [2.24, 2.45) is 34.4 Å². The Bertz CT molecular complexity index is 779. The van der Waals surface area contributed by atoms with Crippen LogP contribution >= 0.6 is 0 Å². The molecule has 190 valence electrons. The molecule has 0 radical (unpaired) electrons. The fourth-order valence-corrected chi connectivity index (χ4v) is 7.97. The number of nitrogens with one attached hydrogen (secondary N) is 5. The summed E-state index contributed by atoms with van der Waals surface area (Å²) in [5, 5.41) is 22.6. The van der Waals surface area contributed by atoms with Crippen molar-refractivity contribution < 1.29 is 13.2 Å². The molecule has 3 saturated carbocycles. The Balaban J connectivity index is 1.14. The Kier molecular flexibility index (Phi) is 7.30. The standard InChI is InChI=1S/C21H42N8O3S/c22-15-6-1-12-7-11(8-16(23)17(12)15)9-32-20-18-19(26-10-25-18)28-21(29-20)27-13-2-4-14(5-3-13)33(24,30)31/h11-21,25-29H,1-10,22-23H2,(H2,24,30,31)/t11-,12+,13?,14?,15-,16-,17-,18?,19?,20?,21?/m0/s1. The van der Waals surface area contributed by atoms with E-state index in [2.05, 4.69) is 26.6 Å². The third-order valence-electron chi connectivity index (χ3n) is 8.72. The summed E-state index contributed by atoms with van der Waals surface area (Å²) >= 11 is 0. The molecule has 5 fully saturated rings. The Labute approximate surface area is 197 Å². The highest BCUT2D eigenvalue weighted by Crippen LogP contribution is 2.43. The molecule has 0 spiro atoms. The molecule has 0 aromatic rings. The molecule has 12 heteroatoms. The molecule has 3 aliphatic carbocycles. The zero-order valence-electron chi connectivity index (χ0n) is 19.3. The summed E-state index contributed by atoms with van der Waals surface area (Å²) in [5.74, 6) is 1.58. The first-order valence-corrected chi connectivity index (χ1v) is 14.3. The van der Waals surface area contributed by atoms with Crippen LogP contribution in [0.4, 0.5) is 0 Å². The lowest BCUT2D eigenvalue weighted by molar-refractivity contribution is -0.0596. The van der Waals surface area contributed by atoms with Crippen LogP contribution in [0.2, 0.25) is 0 Å². The van der Waals surface area contributed by atoms with Crippen molar-refractivity contribution in [1.82, 2.24) is 26.6 Å². The second-order valence-electron chi connectivity index (χ2n) is 10.9. The van der Waals surface area contributed by atoms with Gasteiger partial charge in [-0.05, 0) is 69.1 Å². The number of sulfonamides is 1. The van der Waals surface area contributed by atoms with E-state index in [1.807, 2.05) is 0 Å². The van der Waals surface area contributed by atoms with Gasteiger partial charge in [0.2, 0.25) is 10.0 Å². The van der Waals surface area contributed by atoms with Gasteiger partial charge in [-0.1, -0.05) is 0 Å². The molecule has 4 unspecified atom stereocenters. The smallest absolute Gasteiger partial charge is 0.211 e. The van der Waals surface area contributed by atoms with E-state index in [-0.39, 0.29) is 42.9 Å². The summed E-state index contributed by atoms with van der Waals surface area (Å²) in [7, 11) is -3.45. The van der Waals surface area contributed by atoms with Gasteiger partial charge < -0.3 is 16.2 Å². The molecule has 11 nitrogen and oxygen atoms in total. The molecule has 9 atom stereocenters. The van der Waals surface area contributed by atoms with Crippen LogP contribution in [0.25, 0.3) is 0 Å². The summed E-state index contributed by atoms with van der Waals surface area (Å²) in [6.07, 6.45) is 7.05. The fraction of sp³-hybridized carbons (Fsp3) is 1.00. The van der Waals surface area contributed by atoms with Crippen LogP contribution in [0.1, 0.15) is 51.4 Å². The van der Waals surface area contributed by atoms with Crippen LogP contribution in [-0.4, -0.2) is 69.8 Å². The first-order chi connectivity index (χ1) is 15.8. The lowest BCUT2D eigenvalue weighted by Gasteiger charge is -2.43. The Hall–Kier alpha value is -0.410. The van der Waals surface area contributed by atoms with Gasteiger partial charge in [0, 0.05) is 24.8 Å². The van der Waals surface area contributed by atoms with E-state index in [9.17, 15) is 8.42 Å². The largest absolute Gasteiger partial charge is 0.361 e. The average Bonchev–Trinajstić information content (AvgIpc) is 3.38. The number of nitrogens with two attached hydrogens (primary N) is 3. The van der Waals surface area contributed by atoms with Crippen molar-refractivity contribution in [2.45, 2.75) is 99.5 Å². The molecule has 2 aliphatic heterocycles. The van der Waals surface area contributed by atoms with Gasteiger partial charge in [-0.2, -0.15) is 0 Å². The molecule has 0 amide bonds. The summed E-state index contributed by atoms with van der Waals surface area (Å²) in [6.45, 7) is 1.42. The maximum Gasteiger partial charge on any atom is 0.211 e. The molecule has 0 bridgehead atoms. The zero-order valence-corrected chi connectivity index (χ0v) is 20.1. The molecule has 0 aromatic heterocycles. The van der Waals surface area contributed by atoms with Gasteiger partial charge in [-0.25, -0.2) is 13.6 Å². The van der Waals surface area contributed by atoms with Gasteiger partial charge >= 0.3 is 0 Å². The van der Waals surface area contributed by atoms with E-state index in [4.69, 9.17) is 21.3 Å². The van der Waals surface area contributed by atoms with Crippen molar-refractivity contribution >= 4 is 10.0 Å². The summed E-state index contributed by atoms with van der Waals surface area (Å²) in [5.41, 5.74) is 12.8. The molecular formula is C21H42N8O3S. The number of hydrogen-bond acceptors (Lipinski definition) is 10. The molecular weight excluding hydrogens is 444 g/mol. The van der Waals surface area contributed by atoms with Crippen molar-refractivity contribution in [3.8, 4) is 0 Å². The van der Waals surface area contributed by atoms with Crippen molar-refractivity contribution in [3.63, 3.8) is 0 Å². The van der Waals surface area contributed by atoms with Crippen LogP contribution in [0.15, 0.2) is 0 Å². The Morgan fingerprint density at radius 3 is 2.48 bits per heavy atom. The highest BCUT2D eigenvalue weighted by molar-refractivity contribution is 7.89. The molecule has 2 saturated heterocycles. The highest BCUT2D eigenvalue weighted by atomic mass is 32.2. The maximum absolute atomic E-state index is 11.6. The monoisotopic (exact) mass is 486 g/mol. The van der Waals surface area contributed by atoms with Gasteiger partial charge in [0.05, 0.1) is 24.1 Å². The van der Waals surface area contributed by atoms with Gasteiger partial charge in [-0.15, -0.1) is 0 Å². The second-order valence-corrected chi connectivity index (χ2v) is 12.8. The minimum atomic E-state index is -3.45. The van der Waals surface area contributed by atoms with E-state index in [1.54, 1.807) is 0 Å². The number of hydrogen-bond donors (Lipinski definition) is 8. The predicted octanol–water partition coefficient (Wildman–Crippen LogP) is -2.07. The topological polar surface area (TPSA) is 182 Å². The minimum absolute atomic E-state index is 0.0975. The number of fused-ring (bicyclic) bond motifs is 2. The third kappa shape index (κ3) is 5.40. The quantitative estimate of drug-likeness (QED) is 0.208. The molecule has 2 heterocycles. The van der Waals surface area contributed by atoms with E-state index in [1.165, 1.54) is 6.42 Å². The highest BCUT2D eigenvalue weighted by Gasteiger charge is 2.45. The predicted molar refractivity (Wildman–Crippen MR) is 126 cm³/mol. The molecule has 5 rings (SSSR count). The Morgan fingerprint density at radius 2 is 1.73 bits per heavy atom. The molecule has 5 aliphatic rings. The third-order valence-corrected chi connectivity index (χ3v) is 10.1. The number of rotatable bonds is 6. The van der Waals surface area contributed by atoms with Crippen molar-refractivity contribution in [3.05, 3.63) is 0 Å². The molecule has 11 N–H and O–H groups in total. The van der Waals surface area contributed by atoms with Gasteiger partial charge in [-0.3, -0.25) is 26.6 Å². The second kappa shape index (κ2) is 9.92. The SMILES string of the molecule is N[C@H]1CC[C@@H]2C[C@H](COC3NC(NC4CCC(S(N)(=O)=O)CC4)NC4NCNC43)C[C@H](N)[C@@H]21. The first kappa shape index (κ1) is 24.3. The van der Waals surface area contributed by atoms with Crippen LogP contribution in [0.5, 0.6) is 0 Å². The van der Waals surface area contributed by atoms with Crippen LogP contribution < -0.4 is 43.2 Å². The summed E-state index contributed by atoms with van der Waals surface area (Å²) < 4.78 is 29.7. The summed E-state index contributed by atoms with van der Waals surface area (Å²) in [4.78, 5) is 0. The average molecular weight is 487 g/mol. The zero-order chi connectivity index (χ0) is 23.2. The first-order valence-electron chi connectivity index (χ1n) is 12.7. The molecule has 33 heavy (non-hydrogen) atoms. The van der Waals surface area contributed by atoms with Gasteiger partial charge in [0.15, 0.2) is 0 Å². The van der Waals surface area contributed by atoms with Crippen molar-refractivity contribution in [1.29, 1.82) is 0 Å². The van der Waals surface area contributed by atoms with E-state index < -0.39 is 15.3 Å². The summed E-state index contributed by atoms with van der Waals surface area (Å²) in [6, 6.07) is 0.807.